The van der Waals surface area contributed by atoms with Crippen LogP contribution in [0.15, 0.2) is 36.4 Å². The van der Waals surface area contributed by atoms with E-state index in [2.05, 4.69) is 4.74 Å². The maximum absolute atomic E-state index is 13.4. The fourth-order valence-corrected chi connectivity index (χ4v) is 1.89. The number of phenolic OH excluding ortho intramolecular Hbond substituents is 1. The summed E-state index contributed by atoms with van der Waals surface area (Å²) in [4.78, 5) is 0. The van der Waals surface area contributed by atoms with Crippen LogP contribution in [-0.4, -0.2) is 39.3 Å². The lowest BCUT2D eigenvalue weighted by Crippen LogP contribution is -2.66. The van der Waals surface area contributed by atoms with Crippen LogP contribution in [0.1, 0.15) is 0 Å². The number of benzene rings is 2. The summed E-state index contributed by atoms with van der Waals surface area (Å²) >= 11 is 0. The highest BCUT2D eigenvalue weighted by Crippen LogP contribution is 2.50. The molecule has 0 spiro atoms. The second kappa shape index (κ2) is 5.63. The van der Waals surface area contributed by atoms with Crippen LogP contribution in [0, 0.1) is 0 Å². The molecule has 3 N–H and O–H groups in total. The van der Waals surface area contributed by atoms with Crippen LogP contribution in [-0.2, 0) is 0 Å². The third-order valence-electron chi connectivity index (χ3n) is 3.21. The van der Waals surface area contributed by atoms with E-state index in [1.807, 2.05) is 0 Å². The largest absolute Gasteiger partial charge is 0.508 e. The molecule has 2 aromatic rings. The van der Waals surface area contributed by atoms with Crippen LogP contribution < -0.4 is 4.74 Å². The summed E-state index contributed by atoms with van der Waals surface area (Å²) in [6.45, 7) is 0. The highest BCUT2D eigenvalue weighted by molar-refractivity contribution is 5.85. The highest BCUT2D eigenvalue weighted by atomic mass is 19.4. The summed E-state index contributed by atoms with van der Waals surface area (Å²) in [5.41, 5.74) is 0. The zero-order valence-electron chi connectivity index (χ0n) is 11.9. The van der Waals surface area contributed by atoms with Gasteiger partial charge in [-0.15, -0.1) is 0 Å². The van der Waals surface area contributed by atoms with Gasteiger partial charge in [-0.3, -0.25) is 0 Å². The molecule has 0 amide bonds. The molecule has 0 aliphatic carbocycles. The van der Waals surface area contributed by atoms with Gasteiger partial charge >= 0.3 is 24.0 Å². The molecule has 0 atom stereocenters. The molecule has 0 unspecified atom stereocenters. The maximum atomic E-state index is 13.4. The van der Waals surface area contributed by atoms with Gasteiger partial charge in [-0.1, -0.05) is 12.1 Å². The molecule has 0 aliphatic rings. The second-order valence-corrected chi connectivity index (χ2v) is 5.05. The van der Waals surface area contributed by atoms with Crippen LogP contribution in [0.25, 0.3) is 10.8 Å². The Bertz CT molecular complexity index is 786. The molecule has 0 radical (unpaired) electrons. The van der Waals surface area contributed by atoms with Gasteiger partial charge in [0, 0.05) is 0 Å². The van der Waals surface area contributed by atoms with Crippen molar-refractivity contribution in [3.05, 3.63) is 36.4 Å². The molecule has 0 aliphatic heterocycles. The monoisotopic (exact) mass is 374 g/mol. The number of fused-ring (bicyclic) bond motifs is 1. The molecular formula is C14H9F7O4. The normalized spacial score (nSPS) is 14.0. The standard InChI is InChI=1S/C14H9F7O4/c15-11(16,13(19,20)21)12(17,18)14(23,24)25-10-4-2-7-5-9(22)3-1-8(7)6-10/h1-6,22-24H. The fourth-order valence-electron chi connectivity index (χ4n) is 1.89. The molecule has 0 fully saturated rings. The van der Waals surface area contributed by atoms with Gasteiger partial charge in [0.15, 0.2) is 0 Å². The molecule has 0 bridgehead atoms. The molecule has 25 heavy (non-hydrogen) atoms. The van der Waals surface area contributed by atoms with Gasteiger partial charge in [0.2, 0.25) is 0 Å². The first-order valence-electron chi connectivity index (χ1n) is 6.38. The first-order valence-corrected chi connectivity index (χ1v) is 6.38. The Labute approximate surface area is 134 Å². The van der Waals surface area contributed by atoms with Gasteiger partial charge in [0.1, 0.15) is 11.5 Å². The van der Waals surface area contributed by atoms with E-state index in [4.69, 9.17) is 10.2 Å². The number of halogens is 7. The van der Waals surface area contributed by atoms with Crippen molar-refractivity contribution >= 4 is 10.8 Å². The van der Waals surface area contributed by atoms with E-state index in [-0.39, 0.29) is 11.1 Å². The Balaban J connectivity index is 2.39. The Kier molecular flexibility index (Phi) is 4.29. The molecule has 138 valence electrons. The minimum Gasteiger partial charge on any atom is -0.508 e. The molecule has 11 heteroatoms. The quantitative estimate of drug-likeness (QED) is 0.567. The topological polar surface area (TPSA) is 69.9 Å². The molecular weight excluding hydrogens is 365 g/mol. The van der Waals surface area contributed by atoms with Gasteiger partial charge < -0.3 is 20.1 Å². The predicted molar refractivity (Wildman–Crippen MR) is 69.4 cm³/mol. The Morgan fingerprint density at radius 1 is 0.720 bits per heavy atom. The van der Waals surface area contributed by atoms with E-state index < -0.39 is 29.7 Å². The lowest BCUT2D eigenvalue weighted by Gasteiger charge is -2.35. The zero-order valence-corrected chi connectivity index (χ0v) is 11.9. The first kappa shape index (κ1) is 19.1. The van der Waals surface area contributed by atoms with Crippen LogP contribution in [0.4, 0.5) is 30.7 Å². The number of alkyl halides is 7. The minimum absolute atomic E-state index is 0.156. The van der Waals surface area contributed by atoms with Crippen molar-refractivity contribution in [2.45, 2.75) is 24.0 Å². The summed E-state index contributed by atoms with van der Waals surface area (Å²) in [7, 11) is 0. The fraction of sp³-hybridized carbons (Fsp3) is 0.286. The molecule has 0 aromatic heterocycles. The molecule has 0 saturated heterocycles. The lowest BCUT2D eigenvalue weighted by molar-refractivity contribution is -0.467. The maximum Gasteiger partial charge on any atom is 0.460 e. The van der Waals surface area contributed by atoms with Crippen molar-refractivity contribution in [3.8, 4) is 11.5 Å². The Hall–Kier alpha value is -2.27. The smallest absolute Gasteiger partial charge is 0.460 e. The molecule has 4 nitrogen and oxygen atoms in total. The van der Waals surface area contributed by atoms with E-state index in [9.17, 15) is 35.8 Å². The van der Waals surface area contributed by atoms with Crippen LogP contribution in [0.5, 0.6) is 11.5 Å². The lowest BCUT2D eigenvalue weighted by atomic mass is 10.1. The highest BCUT2D eigenvalue weighted by Gasteiger charge is 2.81. The zero-order chi connectivity index (χ0) is 19.3. The average molecular weight is 374 g/mol. The summed E-state index contributed by atoms with van der Waals surface area (Å²) < 4.78 is 92.8. The van der Waals surface area contributed by atoms with Gasteiger partial charge in [0.05, 0.1) is 0 Å². The van der Waals surface area contributed by atoms with Crippen molar-refractivity contribution in [1.29, 1.82) is 0 Å². The number of phenols is 1. The van der Waals surface area contributed by atoms with E-state index in [0.717, 1.165) is 18.2 Å². The number of aromatic hydroxyl groups is 1. The Morgan fingerprint density at radius 3 is 1.80 bits per heavy atom. The number of ether oxygens (including phenoxy) is 1. The Morgan fingerprint density at radius 2 is 1.24 bits per heavy atom. The SMILES string of the molecule is Oc1ccc2cc(OC(O)(O)C(F)(F)C(F)(F)C(F)(F)F)ccc2c1. The summed E-state index contributed by atoms with van der Waals surface area (Å²) in [6, 6.07) is 6.46. The van der Waals surface area contributed by atoms with Crippen LogP contribution >= 0.6 is 0 Å². The van der Waals surface area contributed by atoms with Gasteiger partial charge in [-0.05, 0) is 35.0 Å². The van der Waals surface area contributed by atoms with Crippen molar-refractivity contribution in [3.63, 3.8) is 0 Å². The second-order valence-electron chi connectivity index (χ2n) is 5.05. The van der Waals surface area contributed by atoms with Crippen molar-refractivity contribution < 1.29 is 50.8 Å². The average Bonchev–Trinajstić information content (AvgIpc) is 2.45. The van der Waals surface area contributed by atoms with E-state index >= 15 is 0 Å². The minimum atomic E-state index is -6.77. The van der Waals surface area contributed by atoms with E-state index in [1.54, 1.807) is 0 Å². The number of rotatable bonds is 4. The van der Waals surface area contributed by atoms with Gasteiger partial charge in [-0.2, -0.15) is 30.7 Å². The number of hydrogen-bond acceptors (Lipinski definition) is 4. The number of hydrogen-bond donors (Lipinski definition) is 3. The third-order valence-corrected chi connectivity index (χ3v) is 3.21. The summed E-state index contributed by atoms with van der Waals surface area (Å²) in [5, 5.41) is 27.9. The molecule has 2 aromatic carbocycles. The van der Waals surface area contributed by atoms with Gasteiger partial charge in [-0.25, -0.2) is 0 Å². The third kappa shape index (κ3) is 3.16. The van der Waals surface area contributed by atoms with Crippen LogP contribution in [0.2, 0.25) is 0 Å². The first-order chi connectivity index (χ1) is 11.2. The van der Waals surface area contributed by atoms with Crippen molar-refractivity contribution in [1.82, 2.24) is 0 Å². The molecule has 2 rings (SSSR count). The number of aliphatic hydroxyl groups is 2. The predicted octanol–water partition coefficient (Wildman–Crippen LogP) is 3.40. The van der Waals surface area contributed by atoms with E-state index in [0.29, 0.717) is 5.39 Å². The van der Waals surface area contributed by atoms with Crippen molar-refractivity contribution in [2.75, 3.05) is 0 Å². The van der Waals surface area contributed by atoms with Crippen LogP contribution in [0.3, 0.4) is 0 Å². The van der Waals surface area contributed by atoms with Crippen molar-refractivity contribution in [2.24, 2.45) is 0 Å². The molecule has 0 saturated carbocycles. The molecule has 0 heterocycles. The summed E-state index contributed by atoms with van der Waals surface area (Å²) in [6.07, 6.45) is -6.75. The summed E-state index contributed by atoms with van der Waals surface area (Å²) in [5.74, 6) is -19.3. The van der Waals surface area contributed by atoms with Gasteiger partial charge in [0.25, 0.3) is 0 Å². The van der Waals surface area contributed by atoms with E-state index in [1.165, 1.54) is 18.2 Å².